The van der Waals surface area contributed by atoms with E-state index in [1.807, 2.05) is 37.2 Å². The van der Waals surface area contributed by atoms with Crippen LogP contribution in [0.2, 0.25) is 0 Å². The second kappa shape index (κ2) is 3.57. The summed E-state index contributed by atoms with van der Waals surface area (Å²) < 4.78 is 0. The summed E-state index contributed by atoms with van der Waals surface area (Å²) in [6.45, 7) is 1.61. The van der Waals surface area contributed by atoms with Crippen LogP contribution in [0.15, 0.2) is 24.3 Å². The topological polar surface area (TPSA) is 23.6 Å². The van der Waals surface area contributed by atoms with Crippen LogP contribution in [-0.4, -0.2) is 43.0 Å². The lowest BCUT2D eigenvalue weighted by atomic mass is 9.87. The number of carbonyl (C=O) groups excluding carboxylic acids is 1. The molecule has 1 aliphatic heterocycles. The molecule has 1 aliphatic carbocycles. The molecule has 0 saturated heterocycles. The number of amides is 1. The van der Waals surface area contributed by atoms with Crippen LogP contribution in [0.1, 0.15) is 28.8 Å². The first-order valence-corrected chi connectivity index (χ1v) is 6.16. The van der Waals surface area contributed by atoms with E-state index in [1.165, 1.54) is 18.4 Å². The van der Waals surface area contributed by atoms with Crippen LogP contribution in [0.25, 0.3) is 0 Å². The standard InChI is InChI=1S/C14H18N2O/c1-15(2)10-16-9-14(7-8-14)12-6-4-3-5-11(12)13(16)17/h3-6H,7-10H2,1-2H3. The van der Waals surface area contributed by atoms with Gasteiger partial charge in [-0.1, -0.05) is 18.2 Å². The van der Waals surface area contributed by atoms with E-state index in [2.05, 4.69) is 11.0 Å². The summed E-state index contributed by atoms with van der Waals surface area (Å²) in [6, 6.07) is 8.12. The number of hydrogen-bond donors (Lipinski definition) is 0. The fourth-order valence-corrected chi connectivity index (χ4v) is 2.86. The van der Waals surface area contributed by atoms with Gasteiger partial charge in [-0.15, -0.1) is 0 Å². The summed E-state index contributed by atoms with van der Waals surface area (Å²) >= 11 is 0. The number of hydrogen-bond acceptors (Lipinski definition) is 2. The summed E-state index contributed by atoms with van der Waals surface area (Å²) in [7, 11) is 4.01. The van der Waals surface area contributed by atoms with Crippen molar-refractivity contribution in [3.8, 4) is 0 Å². The SMILES string of the molecule is CN(C)CN1CC2(CC2)c2ccccc2C1=O. The molecular weight excluding hydrogens is 212 g/mol. The van der Waals surface area contributed by atoms with Crippen molar-refractivity contribution in [2.75, 3.05) is 27.3 Å². The highest BCUT2D eigenvalue weighted by Gasteiger charge is 2.51. The van der Waals surface area contributed by atoms with Crippen molar-refractivity contribution in [2.24, 2.45) is 0 Å². The molecule has 0 radical (unpaired) electrons. The molecule has 1 heterocycles. The van der Waals surface area contributed by atoms with Crippen molar-refractivity contribution in [1.82, 2.24) is 9.80 Å². The molecule has 0 bridgehead atoms. The molecule has 1 aromatic rings. The van der Waals surface area contributed by atoms with E-state index in [1.54, 1.807) is 0 Å². The lowest BCUT2D eigenvalue weighted by Gasteiger charge is -2.36. The van der Waals surface area contributed by atoms with Crippen LogP contribution in [-0.2, 0) is 5.41 Å². The maximum absolute atomic E-state index is 12.4. The maximum atomic E-state index is 12.4. The van der Waals surface area contributed by atoms with Gasteiger partial charge in [0.2, 0.25) is 0 Å². The van der Waals surface area contributed by atoms with Crippen LogP contribution < -0.4 is 0 Å². The fraction of sp³-hybridized carbons (Fsp3) is 0.500. The summed E-state index contributed by atoms with van der Waals surface area (Å²) in [6.07, 6.45) is 2.45. The lowest BCUT2D eigenvalue weighted by molar-refractivity contribution is 0.0624. The Morgan fingerprint density at radius 3 is 2.65 bits per heavy atom. The van der Waals surface area contributed by atoms with Crippen molar-refractivity contribution in [1.29, 1.82) is 0 Å². The second-order valence-electron chi connectivity index (χ2n) is 5.55. The largest absolute Gasteiger partial charge is 0.325 e. The van der Waals surface area contributed by atoms with Gasteiger partial charge in [-0.25, -0.2) is 0 Å². The molecule has 0 aromatic heterocycles. The minimum absolute atomic E-state index is 0.187. The van der Waals surface area contributed by atoms with Crippen LogP contribution in [0.4, 0.5) is 0 Å². The van der Waals surface area contributed by atoms with E-state index >= 15 is 0 Å². The first-order valence-electron chi connectivity index (χ1n) is 6.16. The van der Waals surface area contributed by atoms with Crippen molar-refractivity contribution >= 4 is 5.91 Å². The number of fused-ring (bicyclic) bond motifs is 2. The van der Waals surface area contributed by atoms with Gasteiger partial charge in [0, 0.05) is 17.5 Å². The third kappa shape index (κ3) is 1.65. The number of benzene rings is 1. The van der Waals surface area contributed by atoms with Gasteiger partial charge in [-0.05, 0) is 38.6 Å². The van der Waals surface area contributed by atoms with Gasteiger partial charge in [0.25, 0.3) is 5.91 Å². The van der Waals surface area contributed by atoms with E-state index in [-0.39, 0.29) is 11.3 Å². The highest BCUT2D eigenvalue weighted by molar-refractivity contribution is 5.97. The first-order chi connectivity index (χ1) is 8.12. The Hall–Kier alpha value is -1.35. The molecular formula is C14H18N2O. The van der Waals surface area contributed by atoms with Crippen molar-refractivity contribution < 1.29 is 4.79 Å². The van der Waals surface area contributed by atoms with Gasteiger partial charge >= 0.3 is 0 Å². The molecule has 1 amide bonds. The van der Waals surface area contributed by atoms with Crippen molar-refractivity contribution in [2.45, 2.75) is 18.3 Å². The third-order valence-corrected chi connectivity index (χ3v) is 3.82. The Bertz CT molecular complexity index is 463. The predicted molar refractivity (Wildman–Crippen MR) is 66.9 cm³/mol. The normalized spacial score (nSPS) is 20.9. The molecule has 0 unspecified atom stereocenters. The summed E-state index contributed by atoms with van der Waals surface area (Å²) in [5.41, 5.74) is 2.47. The second-order valence-corrected chi connectivity index (χ2v) is 5.55. The molecule has 1 fully saturated rings. The third-order valence-electron chi connectivity index (χ3n) is 3.82. The molecule has 0 N–H and O–H groups in total. The average molecular weight is 230 g/mol. The molecule has 3 heteroatoms. The Morgan fingerprint density at radius 1 is 1.29 bits per heavy atom. The van der Waals surface area contributed by atoms with Crippen LogP contribution in [0.3, 0.4) is 0 Å². The van der Waals surface area contributed by atoms with E-state index in [0.29, 0.717) is 0 Å². The Labute approximate surface area is 102 Å². The van der Waals surface area contributed by atoms with Gasteiger partial charge in [0.05, 0.1) is 6.67 Å². The predicted octanol–water partition coefficient (Wildman–Crippen LogP) is 1.69. The highest BCUT2D eigenvalue weighted by Crippen LogP contribution is 2.52. The summed E-state index contributed by atoms with van der Waals surface area (Å²) in [5, 5.41) is 0. The number of nitrogens with zero attached hydrogens (tertiary/aromatic N) is 2. The van der Waals surface area contributed by atoms with Gasteiger partial charge < -0.3 is 4.90 Å². The molecule has 3 rings (SSSR count). The van der Waals surface area contributed by atoms with Gasteiger partial charge in [-0.3, -0.25) is 9.69 Å². The molecule has 1 spiro atoms. The Morgan fingerprint density at radius 2 is 2.00 bits per heavy atom. The van der Waals surface area contributed by atoms with E-state index in [9.17, 15) is 4.79 Å². The lowest BCUT2D eigenvalue weighted by Crippen LogP contribution is -2.47. The van der Waals surface area contributed by atoms with Crippen LogP contribution in [0, 0.1) is 0 Å². The smallest absolute Gasteiger partial charge is 0.255 e. The first kappa shape index (κ1) is 10.8. The van der Waals surface area contributed by atoms with Crippen LogP contribution >= 0.6 is 0 Å². The number of carbonyl (C=O) groups is 1. The van der Waals surface area contributed by atoms with E-state index in [4.69, 9.17) is 0 Å². The Kier molecular flexibility index (Phi) is 2.26. The van der Waals surface area contributed by atoms with Crippen molar-refractivity contribution in [3.63, 3.8) is 0 Å². The average Bonchev–Trinajstić information content (AvgIpc) is 3.06. The summed E-state index contributed by atoms with van der Waals surface area (Å²) in [5.74, 6) is 0.187. The zero-order chi connectivity index (χ0) is 12.0. The maximum Gasteiger partial charge on any atom is 0.255 e. The minimum atomic E-state index is 0.187. The molecule has 1 aromatic carbocycles. The molecule has 2 aliphatic rings. The Balaban J connectivity index is 1.99. The van der Waals surface area contributed by atoms with Gasteiger partial charge in [-0.2, -0.15) is 0 Å². The van der Waals surface area contributed by atoms with E-state index in [0.717, 1.165) is 18.8 Å². The monoisotopic (exact) mass is 230 g/mol. The minimum Gasteiger partial charge on any atom is -0.325 e. The molecule has 90 valence electrons. The summed E-state index contributed by atoms with van der Waals surface area (Å²) in [4.78, 5) is 16.4. The van der Waals surface area contributed by atoms with Crippen LogP contribution in [0.5, 0.6) is 0 Å². The van der Waals surface area contributed by atoms with E-state index < -0.39 is 0 Å². The van der Waals surface area contributed by atoms with Gasteiger partial charge in [0.1, 0.15) is 0 Å². The highest BCUT2D eigenvalue weighted by atomic mass is 16.2. The fourth-order valence-electron chi connectivity index (χ4n) is 2.86. The zero-order valence-electron chi connectivity index (χ0n) is 10.4. The molecule has 3 nitrogen and oxygen atoms in total. The number of rotatable bonds is 2. The molecule has 17 heavy (non-hydrogen) atoms. The van der Waals surface area contributed by atoms with Crippen molar-refractivity contribution in [3.05, 3.63) is 35.4 Å². The zero-order valence-corrected chi connectivity index (χ0v) is 10.4. The molecule has 1 saturated carbocycles. The quantitative estimate of drug-likeness (QED) is 0.772. The molecule has 0 atom stereocenters. The van der Waals surface area contributed by atoms with Gasteiger partial charge in [0.15, 0.2) is 0 Å².